The van der Waals surface area contributed by atoms with Crippen LogP contribution < -0.4 is 0 Å². The Bertz CT molecular complexity index is 505. The molecule has 16 heavy (non-hydrogen) atoms. The summed E-state index contributed by atoms with van der Waals surface area (Å²) in [6, 6.07) is 2.03. The van der Waals surface area contributed by atoms with Gasteiger partial charge in [-0.2, -0.15) is 0 Å². The SMILES string of the molecule is Cc1cnc(Sc2nc(C)c(C)o2)c(Br)c1. The number of hydrogen-bond donors (Lipinski definition) is 0. The quantitative estimate of drug-likeness (QED) is 0.843. The van der Waals surface area contributed by atoms with Crippen LogP contribution in [0.1, 0.15) is 17.0 Å². The zero-order chi connectivity index (χ0) is 11.7. The van der Waals surface area contributed by atoms with Gasteiger partial charge < -0.3 is 4.42 Å². The van der Waals surface area contributed by atoms with Crippen LogP contribution in [0.2, 0.25) is 0 Å². The minimum absolute atomic E-state index is 0.632. The second-order valence-corrected chi connectivity index (χ2v) is 5.32. The number of aryl methyl sites for hydroxylation is 3. The highest BCUT2D eigenvalue weighted by Crippen LogP contribution is 2.32. The van der Waals surface area contributed by atoms with Crippen molar-refractivity contribution in [3.63, 3.8) is 0 Å². The molecule has 0 aromatic carbocycles. The molecule has 0 spiro atoms. The third-order valence-corrected chi connectivity index (χ3v) is 3.87. The summed E-state index contributed by atoms with van der Waals surface area (Å²) in [5.74, 6) is 0.853. The van der Waals surface area contributed by atoms with Crippen molar-refractivity contribution < 1.29 is 4.42 Å². The van der Waals surface area contributed by atoms with Gasteiger partial charge in [0.25, 0.3) is 5.22 Å². The highest BCUT2D eigenvalue weighted by atomic mass is 79.9. The predicted molar refractivity (Wildman–Crippen MR) is 66.8 cm³/mol. The molecule has 0 atom stereocenters. The predicted octanol–water partition coefficient (Wildman–Crippen LogP) is 3.91. The van der Waals surface area contributed by atoms with Crippen molar-refractivity contribution in [2.24, 2.45) is 0 Å². The summed E-state index contributed by atoms with van der Waals surface area (Å²) in [5.41, 5.74) is 2.04. The van der Waals surface area contributed by atoms with E-state index < -0.39 is 0 Å². The molecule has 0 amide bonds. The van der Waals surface area contributed by atoms with Crippen molar-refractivity contribution in [3.05, 3.63) is 33.8 Å². The number of pyridine rings is 1. The normalized spacial score (nSPS) is 10.8. The van der Waals surface area contributed by atoms with Gasteiger partial charge in [0.05, 0.1) is 10.2 Å². The van der Waals surface area contributed by atoms with Gasteiger partial charge >= 0.3 is 0 Å². The molecule has 3 nitrogen and oxygen atoms in total. The molecule has 0 N–H and O–H groups in total. The minimum Gasteiger partial charge on any atom is -0.436 e. The number of halogens is 1. The number of nitrogens with zero attached hydrogens (tertiary/aromatic N) is 2. The van der Waals surface area contributed by atoms with E-state index in [1.54, 1.807) is 0 Å². The van der Waals surface area contributed by atoms with Crippen molar-refractivity contribution in [1.82, 2.24) is 9.97 Å². The molecule has 0 saturated heterocycles. The first-order chi connectivity index (χ1) is 7.56. The Morgan fingerprint density at radius 1 is 1.31 bits per heavy atom. The molecule has 84 valence electrons. The molecule has 0 aliphatic carbocycles. The first-order valence-corrected chi connectivity index (χ1v) is 6.41. The first-order valence-electron chi connectivity index (χ1n) is 4.80. The maximum absolute atomic E-state index is 5.49. The maximum Gasteiger partial charge on any atom is 0.262 e. The van der Waals surface area contributed by atoms with Gasteiger partial charge in [-0.3, -0.25) is 0 Å². The van der Waals surface area contributed by atoms with Gasteiger partial charge in [-0.1, -0.05) is 0 Å². The van der Waals surface area contributed by atoms with E-state index in [2.05, 4.69) is 25.9 Å². The zero-order valence-electron chi connectivity index (χ0n) is 9.24. The topological polar surface area (TPSA) is 38.9 Å². The van der Waals surface area contributed by atoms with Crippen LogP contribution in [0.4, 0.5) is 0 Å². The van der Waals surface area contributed by atoms with Crippen molar-refractivity contribution in [2.45, 2.75) is 31.0 Å². The van der Waals surface area contributed by atoms with E-state index in [0.29, 0.717) is 5.22 Å². The van der Waals surface area contributed by atoms with Gasteiger partial charge in [-0.05, 0) is 60.1 Å². The van der Waals surface area contributed by atoms with Gasteiger partial charge in [0.1, 0.15) is 10.8 Å². The van der Waals surface area contributed by atoms with Crippen LogP contribution in [0.25, 0.3) is 0 Å². The monoisotopic (exact) mass is 298 g/mol. The fourth-order valence-corrected chi connectivity index (χ4v) is 2.65. The summed E-state index contributed by atoms with van der Waals surface area (Å²) in [6.07, 6.45) is 1.83. The largest absolute Gasteiger partial charge is 0.436 e. The van der Waals surface area contributed by atoms with E-state index in [0.717, 1.165) is 26.5 Å². The van der Waals surface area contributed by atoms with E-state index in [4.69, 9.17) is 4.42 Å². The molecule has 2 aromatic heterocycles. The number of oxazole rings is 1. The van der Waals surface area contributed by atoms with Crippen molar-refractivity contribution in [3.8, 4) is 0 Å². The molecule has 0 saturated carbocycles. The first kappa shape index (κ1) is 11.7. The maximum atomic E-state index is 5.49. The van der Waals surface area contributed by atoms with Crippen LogP contribution >= 0.6 is 27.7 Å². The van der Waals surface area contributed by atoms with Crippen LogP contribution in [0, 0.1) is 20.8 Å². The molecule has 0 radical (unpaired) electrons. The Morgan fingerprint density at radius 3 is 2.62 bits per heavy atom. The van der Waals surface area contributed by atoms with Crippen LogP contribution in [0.5, 0.6) is 0 Å². The summed E-state index contributed by atoms with van der Waals surface area (Å²) in [4.78, 5) is 8.63. The summed E-state index contributed by atoms with van der Waals surface area (Å²) < 4.78 is 6.46. The third kappa shape index (κ3) is 2.47. The second-order valence-electron chi connectivity index (χ2n) is 3.52. The molecule has 2 aromatic rings. The van der Waals surface area contributed by atoms with E-state index in [1.165, 1.54) is 11.8 Å². The Kier molecular flexibility index (Phi) is 3.35. The lowest BCUT2D eigenvalue weighted by molar-refractivity contribution is 0.431. The van der Waals surface area contributed by atoms with Crippen LogP contribution in [0.3, 0.4) is 0 Å². The lowest BCUT2D eigenvalue weighted by Crippen LogP contribution is -1.84. The Morgan fingerprint density at radius 2 is 2.06 bits per heavy atom. The molecule has 2 heterocycles. The van der Waals surface area contributed by atoms with Gasteiger partial charge in [-0.15, -0.1) is 0 Å². The van der Waals surface area contributed by atoms with Crippen molar-refractivity contribution in [1.29, 1.82) is 0 Å². The van der Waals surface area contributed by atoms with Crippen LogP contribution in [0.15, 0.2) is 31.4 Å². The molecule has 0 aliphatic rings. The van der Waals surface area contributed by atoms with Gasteiger partial charge in [0.2, 0.25) is 0 Å². The smallest absolute Gasteiger partial charge is 0.262 e. The molecular formula is C11H11BrN2OS. The fraction of sp³-hybridized carbons (Fsp3) is 0.273. The lowest BCUT2D eigenvalue weighted by atomic mass is 10.3. The molecule has 0 unspecified atom stereocenters. The van der Waals surface area contributed by atoms with E-state index in [-0.39, 0.29) is 0 Å². The number of aromatic nitrogens is 2. The van der Waals surface area contributed by atoms with E-state index >= 15 is 0 Å². The summed E-state index contributed by atoms with van der Waals surface area (Å²) in [7, 11) is 0. The average Bonchev–Trinajstić information content (AvgIpc) is 2.51. The summed E-state index contributed by atoms with van der Waals surface area (Å²) >= 11 is 4.90. The van der Waals surface area contributed by atoms with Gasteiger partial charge in [-0.25, -0.2) is 9.97 Å². The number of rotatable bonds is 2. The van der Waals surface area contributed by atoms with Crippen LogP contribution in [-0.2, 0) is 0 Å². The molecule has 2 rings (SSSR count). The number of hydrogen-bond acceptors (Lipinski definition) is 4. The lowest BCUT2D eigenvalue weighted by Gasteiger charge is -2.00. The van der Waals surface area contributed by atoms with Crippen LogP contribution in [-0.4, -0.2) is 9.97 Å². The molecule has 0 fully saturated rings. The second kappa shape index (κ2) is 4.59. The Balaban J connectivity index is 2.27. The third-order valence-electron chi connectivity index (χ3n) is 2.14. The van der Waals surface area contributed by atoms with Crippen molar-refractivity contribution in [2.75, 3.05) is 0 Å². The highest BCUT2D eigenvalue weighted by molar-refractivity contribution is 9.10. The average molecular weight is 299 g/mol. The van der Waals surface area contributed by atoms with Gasteiger partial charge in [0.15, 0.2) is 0 Å². The molecule has 5 heteroatoms. The standard InChI is InChI=1S/C11H11BrN2OS/c1-6-4-9(12)10(13-5-6)16-11-14-7(2)8(3)15-11/h4-5H,1-3H3. The van der Waals surface area contributed by atoms with E-state index in [9.17, 15) is 0 Å². The van der Waals surface area contributed by atoms with Gasteiger partial charge in [0, 0.05) is 6.20 Å². The minimum atomic E-state index is 0.632. The Hall–Kier alpha value is -0.810. The molecule has 0 aliphatic heterocycles. The fourth-order valence-electron chi connectivity index (χ4n) is 1.17. The highest BCUT2D eigenvalue weighted by Gasteiger charge is 2.10. The zero-order valence-corrected chi connectivity index (χ0v) is 11.6. The summed E-state index contributed by atoms with van der Waals surface area (Å²) in [5, 5.41) is 1.50. The molecule has 0 bridgehead atoms. The molecular weight excluding hydrogens is 288 g/mol. The Labute approximate surface area is 107 Å². The van der Waals surface area contributed by atoms with E-state index in [1.807, 2.05) is 33.0 Å². The van der Waals surface area contributed by atoms with Crippen molar-refractivity contribution >= 4 is 27.7 Å². The summed E-state index contributed by atoms with van der Waals surface area (Å²) in [6.45, 7) is 5.84.